The molecule has 188 valence electrons. The number of fused-ring (bicyclic) bond motifs is 3. The Bertz CT molecular complexity index is 1570. The van der Waals surface area contributed by atoms with Gasteiger partial charge in [-0.1, -0.05) is 0 Å². The van der Waals surface area contributed by atoms with Gasteiger partial charge < -0.3 is 24.7 Å². The summed E-state index contributed by atoms with van der Waals surface area (Å²) in [5.74, 6) is 0.688. The predicted octanol–water partition coefficient (Wildman–Crippen LogP) is 1.52. The number of nitrogens with two attached hydrogens (primary N) is 1. The molecule has 2 saturated heterocycles. The molecule has 0 aliphatic carbocycles. The van der Waals surface area contributed by atoms with Crippen molar-refractivity contribution in [3.05, 3.63) is 52.9 Å². The fourth-order valence-corrected chi connectivity index (χ4v) is 5.67. The number of anilines is 1. The molecule has 5 heterocycles. The molecule has 0 spiro atoms. The molecule has 1 unspecified atom stereocenters. The first-order valence-electron chi connectivity index (χ1n) is 10.8. The molecule has 4 aromatic rings. The van der Waals surface area contributed by atoms with Crippen LogP contribution in [0.4, 0.5) is 5.82 Å². The van der Waals surface area contributed by atoms with Crippen molar-refractivity contribution in [2.24, 2.45) is 0 Å². The monoisotopic (exact) mass is 517 g/mol. The van der Waals surface area contributed by atoms with Crippen LogP contribution in [-0.2, 0) is 29.5 Å². The van der Waals surface area contributed by atoms with E-state index in [0.29, 0.717) is 27.9 Å². The lowest BCUT2D eigenvalue weighted by Gasteiger charge is -2.30. The maximum atomic E-state index is 13.3. The van der Waals surface area contributed by atoms with Crippen molar-refractivity contribution in [2.75, 3.05) is 19.5 Å². The number of imidazole rings is 1. The molecule has 36 heavy (non-hydrogen) atoms. The number of aromatic nitrogens is 4. The number of rotatable bonds is 5. The van der Waals surface area contributed by atoms with E-state index in [4.69, 9.17) is 33.2 Å². The van der Waals surface area contributed by atoms with Crippen molar-refractivity contribution < 1.29 is 37.1 Å². The SMILES string of the molecule is COc1ccc2c(COP3(=O)OC[C@H]4O[C@@H](n5cnc6c(N)ncnc65)[C@H](O)[C@@H]4O3)cc(=O)oc2c1. The van der Waals surface area contributed by atoms with E-state index in [1.807, 2.05) is 0 Å². The van der Waals surface area contributed by atoms with Gasteiger partial charge in [0.2, 0.25) is 0 Å². The molecule has 3 aromatic heterocycles. The van der Waals surface area contributed by atoms with E-state index in [-0.39, 0.29) is 24.6 Å². The highest BCUT2D eigenvalue weighted by molar-refractivity contribution is 7.48. The molecule has 5 atom stereocenters. The third-order valence-corrected chi connectivity index (χ3v) is 7.45. The Labute approximate surface area is 202 Å². The van der Waals surface area contributed by atoms with Gasteiger partial charge in [-0.2, -0.15) is 0 Å². The van der Waals surface area contributed by atoms with E-state index in [9.17, 15) is 14.5 Å². The summed E-state index contributed by atoms with van der Waals surface area (Å²) in [7, 11) is -2.63. The number of benzene rings is 1. The van der Waals surface area contributed by atoms with Crippen LogP contribution in [0.25, 0.3) is 22.1 Å². The number of nitrogen functional groups attached to an aromatic ring is 1. The summed E-state index contributed by atoms with van der Waals surface area (Å²) in [5, 5.41) is 11.5. The Kier molecular flexibility index (Phi) is 5.52. The van der Waals surface area contributed by atoms with Crippen LogP contribution in [0.1, 0.15) is 11.8 Å². The first kappa shape index (κ1) is 23.0. The van der Waals surface area contributed by atoms with Gasteiger partial charge in [0.25, 0.3) is 0 Å². The fourth-order valence-electron chi connectivity index (χ4n) is 4.29. The summed E-state index contributed by atoms with van der Waals surface area (Å²) in [6, 6.07) is 6.17. The van der Waals surface area contributed by atoms with E-state index < -0.39 is 38.0 Å². The van der Waals surface area contributed by atoms with Crippen molar-refractivity contribution in [1.82, 2.24) is 19.5 Å². The van der Waals surface area contributed by atoms with Crippen molar-refractivity contribution in [1.29, 1.82) is 0 Å². The number of hydrogen-bond donors (Lipinski definition) is 2. The molecular formula is C21H20N5O9P. The minimum atomic E-state index is -4.12. The molecule has 0 amide bonds. The van der Waals surface area contributed by atoms with Crippen molar-refractivity contribution in [3.63, 3.8) is 0 Å². The van der Waals surface area contributed by atoms with Gasteiger partial charge in [-0.25, -0.2) is 24.3 Å². The summed E-state index contributed by atoms with van der Waals surface area (Å²) in [6.07, 6.45) is -1.26. The maximum absolute atomic E-state index is 13.3. The number of ether oxygens (including phenoxy) is 2. The summed E-state index contributed by atoms with van der Waals surface area (Å²) in [4.78, 5) is 24.3. The molecule has 2 aliphatic heterocycles. The Balaban J connectivity index is 1.21. The molecule has 0 saturated carbocycles. The van der Waals surface area contributed by atoms with Crippen LogP contribution in [0.3, 0.4) is 0 Å². The highest BCUT2D eigenvalue weighted by Gasteiger charge is 2.53. The second-order valence-electron chi connectivity index (χ2n) is 8.18. The minimum Gasteiger partial charge on any atom is -0.497 e. The standard InChI is InChI=1S/C21H20N5O9P/c1-30-11-2-3-12-10(4-15(27)33-13(12)5-11)6-31-36(29)32-7-14-18(35-36)17(28)21(34-14)26-9-25-16-19(22)23-8-24-20(16)26/h2-5,8-9,14,17-18,21,28H,6-7H2,1H3,(H2,22,23,24)/t14-,17-,18-,21-,36?/m1/s1. The minimum absolute atomic E-state index is 0.159. The summed E-state index contributed by atoms with van der Waals surface area (Å²) in [6.45, 7) is -0.431. The van der Waals surface area contributed by atoms with Gasteiger partial charge in [0.05, 0.1) is 26.7 Å². The van der Waals surface area contributed by atoms with Crippen molar-refractivity contribution in [3.8, 4) is 5.75 Å². The van der Waals surface area contributed by atoms with E-state index in [2.05, 4.69) is 15.0 Å². The smallest absolute Gasteiger partial charge is 0.475 e. The van der Waals surface area contributed by atoms with Crippen molar-refractivity contribution in [2.45, 2.75) is 31.1 Å². The number of aliphatic hydroxyl groups is 1. The van der Waals surface area contributed by atoms with Gasteiger partial charge in [-0.05, 0) is 17.7 Å². The molecule has 1 aromatic carbocycles. The number of hydrogen-bond acceptors (Lipinski definition) is 13. The Morgan fingerprint density at radius 1 is 1.28 bits per heavy atom. The van der Waals surface area contributed by atoms with E-state index in [1.165, 1.54) is 30.4 Å². The Morgan fingerprint density at radius 3 is 2.97 bits per heavy atom. The molecule has 14 nitrogen and oxygen atoms in total. The average molecular weight is 517 g/mol. The molecule has 3 N–H and O–H groups in total. The second-order valence-corrected chi connectivity index (χ2v) is 9.80. The average Bonchev–Trinajstić information content (AvgIpc) is 3.44. The molecule has 0 bridgehead atoms. The van der Waals surface area contributed by atoms with Crippen LogP contribution >= 0.6 is 7.82 Å². The number of nitrogens with zero attached hydrogens (tertiary/aromatic N) is 4. The van der Waals surface area contributed by atoms with Crippen LogP contribution < -0.4 is 16.1 Å². The molecule has 6 rings (SSSR count). The van der Waals surface area contributed by atoms with Gasteiger partial charge in [0, 0.05) is 17.5 Å². The zero-order chi connectivity index (χ0) is 25.0. The quantitative estimate of drug-likeness (QED) is 0.287. The zero-order valence-electron chi connectivity index (χ0n) is 18.7. The van der Waals surface area contributed by atoms with Gasteiger partial charge in [-0.15, -0.1) is 0 Å². The first-order valence-corrected chi connectivity index (χ1v) is 12.3. The van der Waals surface area contributed by atoms with Crippen LogP contribution in [0.15, 0.2) is 46.1 Å². The third kappa shape index (κ3) is 3.84. The molecule has 2 aliphatic rings. The lowest BCUT2D eigenvalue weighted by atomic mass is 10.1. The topological polar surface area (TPSA) is 183 Å². The highest BCUT2D eigenvalue weighted by atomic mass is 31.2. The van der Waals surface area contributed by atoms with E-state index in [1.54, 1.807) is 18.2 Å². The summed E-state index contributed by atoms with van der Waals surface area (Å²) in [5.41, 5.74) is 6.63. The lowest BCUT2D eigenvalue weighted by molar-refractivity contribution is -0.0714. The van der Waals surface area contributed by atoms with Crippen LogP contribution in [-0.4, -0.2) is 56.7 Å². The first-order chi connectivity index (χ1) is 17.3. The second kappa shape index (κ2) is 8.62. The maximum Gasteiger partial charge on any atom is 0.475 e. The predicted molar refractivity (Wildman–Crippen MR) is 122 cm³/mol. The van der Waals surface area contributed by atoms with E-state index in [0.717, 1.165) is 0 Å². The lowest BCUT2D eigenvalue weighted by Crippen LogP contribution is -2.39. The van der Waals surface area contributed by atoms with Gasteiger partial charge in [0.15, 0.2) is 17.7 Å². The third-order valence-electron chi connectivity index (χ3n) is 6.03. The van der Waals surface area contributed by atoms with Gasteiger partial charge in [0.1, 0.15) is 41.5 Å². The summed E-state index contributed by atoms with van der Waals surface area (Å²) >= 11 is 0. The number of phosphoric ester groups is 1. The molecule has 2 fully saturated rings. The fraction of sp³-hybridized carbons (Fsp3) is 0.333. The van der Waals surface area contributed by atoms with Crippen LogP contribution in [0.5, 0.6) is 5.75 Å². The van der Waals surface area contributed by atoms with Gasteiger partial charge >= 0.3 is 13.4 Å². The Hall–Kier alpha value is -3.39. The van der Waals surface area contributed by atoms with E-state index >= 15 is 0 Å². The highest BCUT2D eigenvalue weighted by Crippen LogP contribution is 2.57. The Morgan fingerprint density at radius 2 is 2.14 bits per heavy atom. The number of methoxy groups -OCH3 is 1. The normalized spacial score (nSPS) is 27.9. The summed E-state index contributed by atoms with van der Waals surface area (Å²) < 4.78 is 47.5. The molecule has 0 radical (unpaired) electrons. The van der Waals surface area contributed by atoms with Crippen LogP contribution in [0.2, 0.25) is 0 Å². The number of phosphoric acid groups is 1. The van der Waals surface area contributed by atoms with Crippen molar-refractivity contribution >= 4 is 35.8 Å². The largest absolute Gasteiger partial charge is 0.497 e. The number of aliphatic hydroxyl groups excluding tert-OH is 1. The van der Waals surface area contributed by atoms with Crippen LogP contribution in [0, 0.1) is 0 Å². The molecule has 15 heteroatoms. The molecular weight excluding hydrogens is 497 g/mol. The van der Waals surface area contributed by atoms with Gasteiger partial charge in [-0.3, -0.25) is 18.1 Å². The zero-order valence-corrected chi connectivity index (χ0v) is 19.6.